The maximum absolute atomic E-state index is 13.2. The first kappa shape index (κ1) is 53.8. The van der Waals surface area contributed by atoms with Gasteiger partial charge in [0.1, 0.15) is 0 Å². The number of hydrogen-bond donors (Lipinski definition) is 5. The van der Waals surface area contributed by atoms with Crippen molar-refractivity contribution in [3.8, 4) is 0 Å². The predicted octanol–water partition coefficient (Wildman–Crippen LogP) is 6.69. The molecule has 6 aromatic rings. The summed E-state index contributed by atoms with van der Waals surface area (Å²) in [7, 11) is 0. The number of amides is 2. The minimum Gasteiger partial charge on any atom is -0.870 e. The molecule has 2 aromatic heterocycles. The van der Waals surface area contributed by atoms with Gasteiger partial charge < -0.3 is 36.2 Å². The Morgan fingerprint density at radius 2 is 1.08 bits per heavy atom. The molecule has 4 aliphatic carbocycles. The Bertz CT molecular complexity index is 2970. The van der Waals surface area contributed by atoms with Crippen molar-refractivity contribution in [3.63, 3.8) is 0 Å². The van der Waals surface area contributed by atoms with Crippen LogP contribution in [-0.2, 0) is 30.4 Å². The molecule has 2 amide bonds. The zero-order valence-electron chi connectivity index (χ0n) is 41.9. The molecule has 2 fully saturated rings. The van der Waals surface area contributed by atoms with Crippen LogP contribution in [0.25, 0.3) is 21.8 Å². The van der Waals surface area contributed by atoms with E-state index in [9.17, 15) is 34.5 Å². The second-order valence-corrected chi connectivity index (χ2v) is 20.5. The Kier molecular flexibility index (Phi) is 17.1. The number of hydrogen-bond acceptors (Lipinski definition) is 10. The molecule has 372 valence electrons. The van der Waals surface area contributed by atoms with Gasteiger partial charge in [-0.3, -0.25) is 19.6 Å². The Morgan fingerprint density at radius 3 is 1.50 bits per heavy atom. The fourth-order valence-corrected chi connectivity index (χ4v) is 10.7. The van der Waals surface area contributed by atoms with Gasteiger partial charge in [0.2, 0.25) is 0 Å². The van der Waals surface area contributed by atoms with E-state index in [1.165, 1.54) is 73.2 Å². The molecule has 0 spiro atoms. The summed E-state index contributed by atoms with van der Waals surface area (Å²) in [5.41, 5.74) is 10.9. The quantitative estimate of drug-likeness (QED) is 0.0540. The van der Waals surface area contributed by atoms with E-state index < -0.39 is 24.0 Å². The van der Waals surface area contributed by atoms with E-state index in [1.807, 2.05) is 30.3 Å². The molecule has 2 heterocycles. The number of aliphatic hydroxyl groups excluding tert-OH is 2. The number of rotatable bonds is 15. The molecule has 0 radical (unpaired) electrons. The molecule has 0 saturated heterocycles. The molecule has 4 aromatic carbocycles. The molecule has 72 heavy (non-hydrogen) atoms. The molecule has 0 bridgehead atoms. The standard InChI is InChI=1S/C30H34N2O4.C28H30N2O4.Li.H2O/c1-3-36-29(35)21-6-4-5-19(15-21)27(11-14-33)32-28(34)20-7-9-25-22(16-20)17-23-18-24(30(2)12-13-30)8-10-26(23)31-25;1-28(10-11-28)22-6-8-24-21(16-22)15-20-14-18(5-7-23(20)29-24)26(32)30-25(9-12-31)17-3-2-4-19(13-17)27(33)34;;/h4-7,9,15-17,24,27,33H,3,8,10-14,18H2,1-2H3,(H,32,34);2-5,7,13-15,22,25,31H,6,8-12,16H2,1H3,(H,30,32)(H,33,34);;1H2/q;;+1;/p-1/t24-,27+;22-,25+;;/m00../s1. The molecule has 13 nitrogen and oxygen atoms in total. The average Bonchev–Trinajstić information content (AvgIpc) is 4.32. The van der Waals surface area contributed by atoms with E-state index in [0.29, 0.717) is 52.0 Å². The van der Waals surface area contributed by atoms with Crippen molar-refractivity contribution >= 4 is 45.6 Å². The zero-order chi connectivity index (χ0) is 49.2. The summed E-state index contributed by atoms with van der Waals surface area (Å²) < 4.78 is 5.10. The van der Waals surface area contributed by atoms with Crippen LogP contribution in [0.3, 0.4) is 0 Å². The van der Waals surface area contributed by atoms with Gasteiger partial charge in [-0.1, -0.05) is 38.1 Å². The molecule has 0 unspecified atom stereocenters. The monoisotopic (exact) mass is 968 g/mol. The predicted molar refractivity (Wildman–Crippen MR) is 271 cm³/mol. The number of benzene rings is 4. The van der Waals surface area contributed by atoms with Crippen LogP contribution in [0.5, 0.6) is 0 Å². The number of carboxylic acid groups (broad SMARTS) is 1. The molecule has 0 aliphatic heterocycles. The Balaban J connectivity index is 0.000000206. The largest absolute Gasteiger partial charge is 1.00 e. The van der Waals surface area contributed by atoms with E-state index in [4.69, 9.17) is 14.7 Å². The summed E-state index contributed by atoms with van der Waals surface area (Å²) in [5, 5.41) is 36.4. The number of carboxylic acids is 1. The van der Waals surface area contributed by atoms with Gasteiger partial charge in [-0.15, -0.1) is 0 Å². The second-order valence-electron chi connectivity index (χ2n) is 20.5. The number of ether oxygens (including phenoxy) is 1. The van der Waals surface area contributed by atoms with Crippen LogP contribution in [0, 0.1) is 22.7 Å². The topological polar surface area (TPSA) is 218 Å². The molecular weight excluding hydrogens is 904 g/mol. The third kappa shape index (κ3) is 12.1. The Hall–Kier alpha value is -5.94. The van der Waals surface area contributed by atoms with Crippen molar-refractivity contribution in [3.05, 3.63) is 153 Å². The van der Waals surface area contributed by atoms with Crippen molar-refractivity contribution in [2.45, 2.75) is 110 Å². The van der Waals surface area contributed by atoms with Crippen LogP contribution < -0.4 is 29.5 Å². The van der Waals surface area contributed by atoms with Gasteiger partial charge in [0.05, 0.1) is 40.9 Å². The van der Waals surface area contributed by atoms with Crippen molar-refractivity contribution in [2.24, 2.45) is 22.7 Å². The van der Waals surface area contributed by atoms with Gasteiger partial charge in [-0.2, -0.15) is 0 Å². The van der Waals surface area contributed by atoms with E-state index in [0.717, 1.165) is 59.0 Å². The minimum atomic E-state index is -1.03. The van der Waals surface area contributed by atoms with Crippen LogP contribution in [0.15, 0.2) is 97.1 Å². The van der Waals surface area contributed by atoms with Gasteiger partial charge in [-0.25, -0.2) is 9.59 Å². The number of aryl methyl sites for hydroxylation is 2. The van der Waals surface area contributed by atoms with E-state index in [1.54, 1.807) is 49.4 Å². The van der Waals surface area contributed by atoms with Crippen molar-refractivity contribution < 1.29 is 63.6 Å². The molecule has 6 N–H and O–H groups in total. The molecule has 4 atom stereocenters. The Labute approximate surface area is 433 Å². The molecule has 14 heteroatoms. The van der Waals surface area contributed by atoms with Gasteiger partial charge >= 0.3 is 30.8 Å². The van der Waals surface area contributed by atoms with E-state index in [2.05, 4.69) is 36.6 Å². The van der Waals surface area contributed by atoms with Crippen molar-refractivity contribution in [1.82, 2.24) is 20.6 Å². The van der Waals surface area contributed by atoms with Gasteiger partial charge in [0.15, 0.2) is 0 Å². The second kappa shape index (κ2) is 22.9. The summed E-state index contributed by atoms with van der Waals surface area (Å²) in [6, 6.07) is 28.1. The smallest absolute Gasteiger partial charge is 0.870 e. The number of nitrogens with one attached hydrogen (secondary N) is 2. The molecule has 10 rings (SSSR count). The van der Waals surface area contributed by atoms with Crippen molar-refractivity contribution in [2.75, 3.05) is 19.8 Å². The molecule has 4 aliphatic rings. The molecular formula is C58H65LiN4O9. The van der Waals surface area contributed by atoms with E-state index in [-0.39, 0.29) is 61.3 Å². The summed E-state index contributed by atoms with van der Waals surface area (Å²) >= 11 is 0. The first-order valence-electron chi connectivity index (χ1n) is 25.1. The number of carbonyl (C=O) groups excluding carboxylic acids is 3. The average molecular weight is 969 g/mol. The van der Waals surface area contributed by atoms with Crippen LogP contribution >= 0.6 is 0 Å². The summed E-state index contributed by atoms with van der Waals surface area (Å²) in [6.45, 7) is 6.63. The van der Waals surface area contributed by atoms with Crippen LogP contribution in [0.1, 0.15) is 159 Å². The summed E-state index contributed by atoms with van der Waals surface area (Å²) in [5.74, 6) is -0.483. The number of aliphatic hydroxyl groups is 2. The van der Waals surface area contributed by atoms with Crippen LogP contribution in [-0.4, -0.2) is 74.3 Å². The van der Waals surface area contributed by atoms with Gasteiger partial charge in [0.25, 0.3) is 11.8 Å². The Morgan fingerprint density at radius 1 is 0.639 bits per heavy atom. The zero-order valence-corrected chi connectivity index (χ0v) is 41.9. The first-order valence-corrected chi connectivity index (χ1v) is 25.1. The minimum absolute atomic E-state index is 0. The number of nitrogens with zero attached hydrogens (tertiary/aromatic N) is 2. The number of carbonyl (C=O) groups is 4. The van der Waals surface area contributed by atoms with Crippen molar-refractivity contribution in [1.29, 1.82) is 0 Å². The third-order valence-electron chi connectivity index (χ3n) is 15.7. The van der Waals surface area contributed by atoms with Crippen LogP contribution in [0.2, 0.25) is 0 Å². The number of esters is 1. The fourth-order valence-electron chi connectivity index (χ4n) is 10.7. The third-order valence-corrected chi connectivity index (χ3v) is 15.7. The SMILES string of the molecule is CC1([C@H]2CCc3nc4ccc(C(=O)N[C@H](CCO)c5cccc(C(=O)O)c5)cc4cc3C2)CC1.CCOC(=O)c1cccc([C@@H](CCO)NC(=O)c2ccc3nc4c(cc3c2)C[C@@H](C2(C)CC2)CC4)c1.[Li+].[OH-]. The van der Waals surface area contributed by atoms with Crippen LogP contribution in [0.4, 0.5) is 0 Å². The summed E-state index contributed by atoms with van der Waals surface area (Å²) in [4.78, 5) is 59.7. The fraction of sp³-hybridized carbons (Fsp3) is 0.414. The number of aromatic carboxylic acids is 1. The maximum Gasteiger partial charge on any atom is 1.00 e. The summed E-state index contributed by atoms with van der Waals surface area (Å²) in [6.07, 6.45) is 12.5. The van der Waals surface area contributed by atoms with Gasteiger partial charge in [0, 0.05) is 46.5 Å². The number of fused-ring (bicyclic) bond motifs is 4. The number of aromatic nitrogens is 2. The molecule has 2 saturated carbocycles. The van der Waals surface area contributed by atoms with Gasteiger partial charge in [-0.05, 0) is 202 Å². The number of pyridine rings is 2. The van der Waals surface area contributed by atoms with E-state index >= 15 is 0 Å². The first-order chi connectivity index (χ1) is 33.8. The normalized spacial score (nSPS) is 18.5. The maximum atomic E-state index is 13.2.